The molecule has 0 saturated heterocycles. The van der Waals surface area contributed by atoms with Gasteiger partial charge in [-0.25, -0.2) is 17.5 Å². The second kappa shape index (κ2) is 8.24. The summed E-state index contributed by atoms with van der Waals surface area (Å²) < 4.78 is 61.4. The fourth-order valence-electron chi connectivity index (χ4n) is 2.31. The van der Waals surface area contributed by atoms with Gasteiger partial charge in [0.15, 0.2) is 23.1 Å². The van der Waals surface area contributed by atoms with Crippen LogP contribution in [0.4, 0.5) is 4.39 Å². The van der Waals surface area contributed by atoms with Crippen molar-refractivity contribution < 1.29 is 31.8 Å². The van der Waals surface area contributed by atoms with Crippen LogP contribution in [0.25, 0.3) is 0 Å². The van der Waals surface area contributed by atoms with Gasteiger partial charge in [0, 0.05) is 6.54 Å². The van der Waals surface area contributed by atoms with Crippen molar-refractivity contribution in [2.24, 2.45) is 0 Å². The van der Waals surface area contributed by atoms with E-state index in [4.69, 9.17) is 18.9 Å². The molecule has 0 aliphatic carbocycles. The Morgan fingerprint density at radius 3 is 1.92 bits per heavy atom. The van der Waals surface area contributed by atoms with Gasteiger partial charge in [-0.2, -0.15) is 0 Å². The Morgan fingerprint density at radius 2 is 1.46 bits per heavy atom. The standard InChI is InChI=1S/C17H20FNO6S/c1-22-14-6-5-12(9-13(14)18)26(20,21)19-10-11-7-15(23-2)17(25-4)16(8-11)24-3/h5-9,19H,10H2,1-4H3. The van der Waals surface area contributed by atoms with E-state index in [1.807, 2.05) is 0 Å². The summed E-state index contributed by atoms with van der Waals surface area (Å²) >= 11 is 0. The third-order valence-electron chi connectivity index (χ3n) is 3.62. The quantitative estimate of drug-likeness (QED) is 0.751. The molecule has 0 aliphatic rings. The highest BCUT2D eigenvalue weighted by molar-refractivity contribution is 7.89. The third-order valence-corrected chi connectivity index (χ3v) is 5.02. The first kappa shape index (κ1) is 19.8. The lowest BCUT2D eigenvalue weighted by molar-refractivity contribution is 0.323. The highest BCUT2D eigenvalue weighted by Crippen LogP contribution is 2.38. The number of hydrogen-bond donors (Lipinski definition) is 1. The van der Waals surface area contributed by atoms with Crippen LogP contribution in [0.5, 0.6) is 23.0 Å². The molecule has 0 fully saturated rings. The topological polar surface area (TPSA) is 83.1 Å². The smallest absolute Gasteiger partial charge is 0.240 e. The molecule has 0 amide bonds. The number of ether oxygens (including phenoxy) is 4. The molecule has 142 valence electrons. The van der Waals surface area contributed by atoms with E-state index in [1.54, 1.807) is 12.1 Å². The summed E-state index contributed by atoms with van der Waals surface area (Å²) in [7, 11) is 1.78. The van der Waals surface area contributed by atoms with E-state index in [2.05, 4.69) is 4.72 Å². The number of benzene rings is 2. The van der Waals surface area contributed by atoms with E-state index in [-0.39, 0.29) is 17.2 Å². The summed E-state index contributed by atoms with van der Waals surface area (Å²) in [6.45, 7) is -0.0489. The zero-order valence-corrected chi connectivity index (χ0v) is 15.6. The van der Waals surface area contributed by atoms with Gasteiger partial charge in [-0.3, -0.25) is 0 Å². The lowest BCUT2D eigenvalue weighted by Crippen LogP contribution is -2.23. The number of methoxy groups -OCH3 is 4. The van der Waals surface area contributed by atoms with E-state index in [0.29, 0.717) is 22.8 Å². The maximum atomic E-state index is 13.8. The monoisotopic (exact) mass is 385 g/mol. The predicted molar refractivity (Wildman–Crippen MR) is 93.1 cm³/mol. The van der Waals surface area contributed by atoms with Gasteiger partial charge in [0.2, 0.25) is 15.8 Å². The number of halogens is 1. The van der Waals surface area contributed by atoms with Gasteiger partial charge < -0.3 is 18.9 Å². The number of sulfonamides is 1. The molecule has 0 spiro atoms. The van der Waals surface area contributed by atoms with Crippen molar-refractivity contribution in [1.82, 2.24) is 4.72 Å². The zero-order chi connectivity index (χ0) is 19.3. The molecular formula is C17H20FNO6S. The molecule has 0 heterocycles. The Hall–Kier alpha value is -2.52. The van der Waals surface area contributed by atoms with Crippen LogP contribution in [0.2, 0.25) is 0 Å². The first-order valence-electron chi connectivity index (χ1n) is 7.48. The highest BCUT2D eigenvalue weighted by Gasteiger charge is 2.18. The van der Waals surface area contributed by atoms with Crippen LogP contribution < -0.4 is 23.7 Å². The first-order chi connectivity index (χ1) is 12.4. The lowest BCUT2D eigenvalue weighted by atomic mass is 10.2. The number of hydrogen-bond acceptors (Lipinski definition) is 6. The van der Waals surface area contributed by atoms with Crippen molar-refractivity contribution in [3.05, 3.63) is 41.7 Å². The minimum Gasteiger partial charge on any atom is -0.494 e. The lowest BCUT2D eigenvalue weighted by Gasteiger charge is -2.14. The van der Waals surface area contributed by atoms with E-state index >= 15 is 0 Å². The molecule has 0 unspecified atom stereocenters. The van der Waals surface area contributed by atoms with Gasteiger partial charge in [0.1, 0.15) is 0 Å². The summed E-state index contributed by atoms with van der Waals surface area (Å²) in [4.78, 5) is -0.205. The van der Waals surface area contributed by atoms with Crippen molar-refractivity contribution >= 4 is 10.0 Å². The molecule has 0 atom stereocenters. The Kier molecular flexibility index (Phi) is 6.27. The Bertz CT molecular complexity index is 860. The molecule has 0 aliphatic heterocycles. The van der Waals surface area contributed by atoms with Crippen molar-refractivity contribution in [1.29, 1.82) is 0 Å². The average Bonchev–Trinajstić information content (AvgIpc) is 2.65. The summed E-state index contributed by atoms with van der Waals surface area (Å²) in [5.74, 6) is 0.406. The van der Waals surface area contributed by atoms with E-state index in [9.17, 15) is 12.8 Å². The molecule has 9 heteroatoms. The van der Waals surface area contributed by atoms with Crippen LogP contribution in [0.1, 0.15) is 5.56 Å². The van der Waals surface area contributed by atoms with Crippen LogP contribution in [-0.4, -0.2) is 36.9 Å². The number of nitrogens with one attached hydrogen (secondary N) is 1. The van der Waals surface area contributed by atoms with Crippen molar-refractivity contribution in [3.63, 3.8) is 0 Å². The Balaban J connectivity index is 2.25. The van der Waals surface area contributed by atoms with Crippen molar-refractivity contribution in [2.75, 3.05) is 28.4 Å². The second-order valence-corrected chi connectivity index (χ2v) is 6.92. The molecule has 7 nitrogen and oxygen atoms in total. The second-order valence-electron chi connectivity index (χ2n) is 5.15. The third kappa shape index (κ3) is 4.17. The molecule has 2 rings (SSSR count). The fraction of sp³-hybridized carbons (Fsp3) is 0.294. The normalized spacial score (nSPS) is 11.1. The van der Waals surface area contributed by atoms with Gasteiger partial charge in [-0.05, 0) is 35.9 Å². The molecule has 0 aromatic heterocycles. The van der Waals surface area contributed by atoms with Gasteiger partial charge in [-0.15, -0.1) is 0 Å². The molecule has 0 bridgehead atoms. The minimum absolute atomic E-state index is 0.0337. The molecule has 0 radical (unpaired) electrons. The van der Waals surface area contributed by atoms with Crippen LogP contribution in [0.15, 0.2) is 35.2 Å². The van der Waals surface area contributed by atoms with Crippen LogP contribution in [0, 0.1) is 5.82 Å². The van der Waals surface area contributed by atoms with Gasteiger partial charge in [0.25, 0.3) is 0 Å². The molecule has 1 N–H and O–H groups in total. The van der Waals surface area contributed by atoms with Gasteiger partial charge >= 0.3 is 0 Å². The predicted octanol–water partition coefficient (Wildman–Crippen LogP) is 2.34. The van der Waals surface area contributed by atoms with Gasteiger partial charge in [-0.1, -0.05) is 0 Å². The highest BCUT2D eigenvalue weighted by atomic mass is 32.2. The van der Waals surface area contributed by atoms with E-state index in [1.165, 1.54) is 40.6 Å². The van der Waals surface area contributed by atoms with Gasteiger partial charge in [0.05, 0.1) is 33.3 Å². The maximum Gasteiger partial charge on any atom is 0.240 e. The Morgan fingerprint density at radius 1 is 0.885 bits per heavy atom. The van der Waals surface area contributed by atoms with Crippen molar-refractivity contribution in [3.8, 4) is 23.0 Å². The van der Waals surface area contributed by atoms with E-state index in [0.717, 1.165) is 6.07 Å². The molecule has 2 aromatic carbocycles. The number of rotatable bonds is 8. The summed E-state index contributed by atoms with van der Waals surface area (Å²) in [6, 6.07) is 6.66. The minimum atomic E-state index is -3.92. The van der Waals surface area contributed by atoms with Crippen molar-refractivity contribution in [2.45, 2.75) is 11.4 Å². The van der Waals surface area contributed by atoms with Crippen LogP contribution in [-0.2, 0) is 16.6 Å². The first-order valence-corrected chi connectivity index (χ1v) is 8.96. The molecule has 26 heavy (non-hydrogen) atoms. The molecule has 2 aromatic rings. The molecule has 0 saturated carbocycles. The fourth-order valence-corrected chi connectivity index (χ4v) is 3.34. The summed E-state index contributed by atoms with van der Waals surface area (Å²) in [5.41, 5.74) is 0.581. The Labute approximate surface area is 151 Å². The molecular weight excluding hydrogens is 365 g/mol. The average molecular weight is 385 g/mol. The van der Waals surface area contributed by atoms with Crippen LogP contribution in [0.3, 0.4) is 0 Å². The van der Waals surface area contributed by atoms with Crippen LogP contribution >= 0.6 is 0 Å². The summed E-state index contributed by atoms with van der Waals surface area (Å²) in [6.07, 6.45) is 0. The maximum absolute atomic E-state index is 13.8. The summed E-state index contributed by atoms with van der Waals surface area (Å²) in [5, 5.41) is 0. The largest absolute Gasteiger partial charge is 0.494 e. The zero-order valence-electron chi connectivity index (χ0n) is 14.8. The SMILES string of the molecule is COc1ccc(S(=O)(=O)NCc2cc(OC)c(OC)c(OC)c2)cc1F. The van der Waals surface area contributed by atoms with E-state index < -0.39 is 15.8 Å².